The van der Waals surface area contributed by atoms with E-state index in [4.69, 9.17) is 0 Å². The van der Waals surface area contributed by atoms with E-state index < -0.39 is 0 Å². The Morgan fingerprint density at radius 2 is 1.77 bits per heavy atom. The van der Waals surface area contributed by atoms with Crippen LogP contribution in [0.3, 0.4) is 0 Å². The van der Waals surface area contributed by atoms with Crippen molar-refractivity contribution in [2.75, 3.05) is 11.1 Å². The molecular formula is C19H23NOS. The van der Waals surface area contributed by atoms with Gasteiger partial charge in [0, 0.05) is 22.8 Å². The summed E-state index contributed by atoms with van der Waals surface area (Å²) in [6.07, 6.45) is 4.05. The van der Waals surface area contributed by atoms with E-state index in [0.717, 1.165) is 17.9 Å². The van der Waals surface area contributed by atoms with Crippen molar-refractivity contribution in [2.45, 2.75) is 37.5 Å². The Hall–Kier alpha value is -1.74. The number of anilines is 1. The summed E-state index contributed by atoms with van der Waals surface area (Å²) in [5.74, 6) is 0.870. The Bertz CT molecular complexity index is 566. The number of carbonyl (C=O) groups excluding carboxylic acids is 1. The lowest BCUT2D eigenvalue weighted by Gasteiger charge is -2.06. The van der Waals surface area contributed by atoms with Crippen molar-refractivity contribution in [3.63, 3.8) is 0 Å². The van der Waals surface area contributed by atoms with Crippen molar-refractivity contribution in [3.05, 3.63) is 60.2 Å². The molecule has 1 N–H and O–H groups in total. The zero-order valence-corrected chi connectivity index (χ0v) is 13.9. The summed E-state index contributed by atoms with van der Waals surface area (Å²) in [6.45, 7) is 2.20. The lowest BCUT2D eigenvalue weighted by Crippen LogP contribution is -2.12. The van der Waals surface area contributed by atoms with Crippen molar-refractivity contribution in [1.82, 2.24) is 0 Å². The Labute approximate surface area is 137 Å². The SMILES string of the molecule is CCCCc1ccc(NC(=O)CCSc2ccccc2)cc1. The first kappa shape index (κ1) is 16.6. The second-order valence-electron chi connectivity index (χ2n) is 5.26. The van der Waals surface area contributed by atoms with Crippen molar-refractivity contribution in [2.24, 2.45) is 0 Å². The van der Waals surface area contributed by atoms with Crippen LogP contribution in [-0.2, 0) is 11.2 Å². The predicted molar refractivity (Wildman–Crippen MR) is 95.5 cm³/mol. The summed E-state index contributed by atoms with van der Waals surface area (Å²) in [4.78, 5) is 13.1. The van der Waals surface area contributed by atoms with Crippen LogP contribution in [0, 0.1) is 0 Å². The van der Waals surface area contributed by atoms with Gasteiger partial charge >= 0.3 is 0 Å². The molecule has 0 aliphatic carbocycles. The fourth-order valence-corrected chi connectivity index (χ4v) is 3.01. The number of unbranched alkanes of at least 4 members (excludes halogenated alkanes) is 1. The van der Waals surface area contributed by atoms with Gasteiger partial charge in [0.15, 0.2) is 0 Å². The summed E-state index contributed by atoms with van der Waals surface area (Å²) < 4.78 is 0. The third kappa shape index (κ3) is 5.94. The number of nitrogens with one attached hydrogen (secondary N) is 1. The van der Waals surface area contributed by atoms with E-state index in [9.17, 15) is 4.79 Å². The quantitative estimate of drug-likeness (QED) is 0.683. The van der Waals surface area contributed by atoms with Crippen LogP contribution in [-0.4, -0.2) is 11.7 Å². The maximum atomic E-state index is 11.9. The number of rotatable bonds is 8. The average Bonchev–Trinajstić information content (AvgIpc) is 2.55. The van der Waals surface area contributed by atoms with E-state index in [1.54, 1.807) is 11.8 Å². The van der Waals surface area contributed by atoms with Crippen molar-refractivity contribution in [1.29, 1.82) is 0 Å². The summed E-state index contributed by atoms with van der Waals surface area (Å²) in [5, 5.41) is 2.96. The molecule has 0 aromatic heterocycles. The van der Waals surface area contributed by atoms with E-state index in [0.29, 0.717) is 6.42 Å². The molecule has 2 rings (SSSR count). The van der Waals surface area contributed by atoms with Gasteiger partial charge in [-0.15, -0.1) is 11.8 Å². The minimum atomic E-state index is 0.0738. The smallest absolute Gasteiger partial charge is 0.225 e. The van der Waals surface area contributed by atoms with Crippen molar-refractivity contribution >= 4 is 23.4 Å². The molecule has 0 atom stereocenters. The van der Waals surface area contributed by atoms with Crippen LogP contribution in [0.15, 0.2) is 59.5 Å². The lowest BCUT2D eigenvalue weighted by molar-refractivity contribution is -0.115. The molecule has 0 saturated heterocycles. The molecule has 1 amide bonds. The number of aryl methyl sites for hydroxylation is 1. The van der Waals surface area contributed by atoms with E-state index in [1.165, 1.54) is 23.3 Å². The standard InChI is InChI=1S/C19H23NOS/c1-2-3-7-16-10-12-17(13-11-16)20-19(21)14-15-22-18-8-5-4-6-9-18/h4-6,8-13H,2-3,7,14-15H2,1H3,(H,20,21). The summed E-state index contributed by atoms with van der Waals surface area (Å²) in [5.41, 5.74) is 2.22. The first-order valence-corrected chi connectivity index (χ1v) is 8.83. The predicted octanol–water partition coefficient (Wildman–Crippen LogP) is 5.15. The minimum absolute atomic E-state index is 0.0738. The van der Waals surface area contributed by atoms with E-state index in [-0.39, 0.29) is 5.91 Å². The van der Waals surface area contributed by atoms with Gasteiger partial charge in [-0.1, -0.05) is 43.7 Å². The molecule has 0 bridgehead atoms. The third-order valence-electron chi connectivity index (χ3n) is 3.40. The topological polar surface area (TPSA) is 29.1 Å². The molecule has 0 saturated carbocycles. The summed E-state index contributed by atoms with van der Waals surface area (Å²) in [6, 6.07) is 18.4. The fraction of sp³-hybridized carbons (Fsp3) is 0.316. The van der Waals surface area contributed by atoms with E-state index in [1.807, 2.05) is 30.3 Å². The monoisotopic (exact) mass is 313 g/mol. The molecule has 0 spiro atoms. The molecule has 0 aliphatic heterocycles. The number of amides is 1. The minimum Gasteiger partial charge on any atom is -0.326 e. The molecule has 0 fully saturated rings. The molecule has 0 radical (unpaired) electrons. The van der Waals surface area contributed by atoms with Crippen LogP contribution in [0.4, 0.5) is 5.69 Å². The zero-order valence-electron chi connectivity index (χ0n) is 13.0. The highest BCUT2D eigenvalue weighted by Crippen LogP contribution is 2.18. The summed E-state index contributed by atoms with van der Waals surface area (Å²) in [7, 11) is 0. The molecule has 22 heavy (non-hydrogen) atoms. The number of hydrogen-bond acceptors (Lipinski definition) is 2. The zero-order chi connectivity index (χ0) is 15.6. The second kappa shape index (κ2) is 9.31. The van der Waals surface area contributed by atoms with Gasteiger partial charge in [-0.2, -0.15) is 0 Å². The highest BCUT2D eigenvalue weighted by atomic mass is 32.2. The van der Waals surface area contributed by atoms with Gasteiger partial charge in [0.1, 0.15) is 0 Å². The highest BCUT2D eigenvalue weighted by Gasteiger charge is 2.03. The largest absolute Gasteiger partial charge is 0.326 e. The molecule has 0 unspecified atom stereocenters. The van der Waals surface area contributed by atoms with Crippen LogP contribution >= 0.6 is 11.8 Å². The van der Waals surface area contributed by atoms with Gasteiger partial charge < -0.3 is 5.32 Å². The van der Waals surface area contributed by atoms with E-state index >= 15 is 0 Å². The number of carbonyl (C=O) groups is 1. The van der Waals surface area contributed by atoms with Crippen LogP contribution in [0.1, 0.15) is 31.7 Å². The Balaban J connectivity index is 1.72. The summed E-state index contributed by atoms with van der Waals surface area (Å²) >= 11 is 1.71. The average molecular weight is 313 g/mol. The van der Waals surface area contributed by atoms with Gasteiger partial charge in [0.05, 0.1) is 0 Å². The third-order valence-corrected chi connectivity index (χ3v) is 4.41. The maximum absolute atomic E-state index is 11.9. The van der Waals surface area contributed by atoms with Crippen molar-refractivity contribution < 1.29 is 4.79 Å². The normalized spacial score (nSPS) is 10.4. The van der Waals surface area contributed by atoms with Gasteiger partial charge in [0.2, 0.25) is 5.91 Å². The number of benzene rings is 2. The first-order valence-electron chi connectivity index (χ1n) is 7.84. The maximum Gasteiger partial charge on any atom is 0.225 e. The van der Waals surface area contributed by atoms with Crippen LogP contribution in [0.5, 0.6) is 0 Å². The Morgan fingerprint density at radius 3 is 2.45 bits per heavy atom. The Morgan fingerprint density at radius 1 is 1.05 bits per heavy atom. The fourth-order valence-electron chi connectivity index (χ4n) is 2.14. The van der Waals surface area contributed by atoms with Gasteiger partial charge in [-0.3, -0.25) is 4.79 Å². The molecule has 2 aromatic rings. The highest BCUT2D eigenvalue weighted by molar-refractivity contribution is 7.99. The van der Waals surface area contributed by atoms with Crippen LogP contribution in [0.25, 0.3) is 0 Å². The van der Waals surface area contributed by atoms with Crippen LogP contribution < -0.4 is 5.32 Å². The van der Waals surface area contributed by atoms with Crippen LogP contribution in [0.2, 0.25) is 0 Å². The number of thioether (sulfide) groups is 1. The number of hydrogen-bond donors (Lipinski definition) is 1. The molecule has 0 heterocycles. The molecule has 116 valence electrons. The molecule has 0 aliphatic rings. The van der Waals surface area contributed by atoms with Gasteiger partial charge in [-0.25, -0.2) is 0 Å². The Kier molecular flexibility index (Phi) is 7.04. The second-order valence-corrected chi connectivity index (χ2v) is 6.43. The molecule has 3 heteroatoms. The first-order chi connectivity index (χ1) is 10.8. The van der Waals surface area contributed by atoms with Gasteiger partial charge in [-0.05, 0) is 42.7 Å². The van der Waals surface area contributed by atoms with Crippen molar-refractivity contribution in [3.8, 4) is 0 Å². The van der Waals surface area contributed by atoms with E-state index in [2.05, 4.69) is 36.5 Å². The molecular weight excluding hydrogens is 290 g/mol. The van der Waals surface area contributed by atoms with Gasteiger partial charge in [0.25, 0.3) is 0 Å². The lowest BCUT2D eigenvalue weighted by atomic mass is 10.1. The molecule has 2 aromatic carbocycles. The molecule has 2 nitrogen and oxygen atoms in total.